The van der Waals surface area contributed by atoms with Crippen LogP contribution in [-0.4, -0.2) is 51.5 Å². The van der Waals surface area contributed by atoms with Gasteiger partial charge in [0.1, 0.15) is 5.76 Å². The molecule has 0 aliphatic carbocycles. The molecule has 1 aliphatic rings. The quantitative estimate of drug-likeness (QED) is 0.796. The summed E-state index contributed by atoms with van der Waals surface area (Å²) >= 11 is 0. The van der Waals surface area contributed by atoms with E-state index in [4.69, 9.17) is 4.52 Å². The summed E-state index contributed by atoms with van der Waals surface area (Å²) in [6.45, 7) is 9.45. The van der Waals surface area contributed by atoms with Crippen LogP contribution in [0.2, 0.25) is 0 Å². The Morgan fingerprint density at radius 1 is 1.35 bits per heavy atom. The first-order valence-corrected chi connectivity index (χ1v) is 9.41. The van der Waals surface area contributed by atoms with Crippen LogP contribution in [0.5, 0.6) is 0 Å². The third-order valence-electron chi connectivity index (χ3n) is 5.32. The predicted octanol–water partition coefficient (Wildman–Crippen LogP) is 2.74. The number of likely N-dealkylation sites (tertiary alicyclic amines) is 1. The van der Waals surface area contributed by atoms with Crippen LogP contribution in [0.1, 0.15) is 42.3 Å². The van der Waals surface area contributed by atoms with Crippen molar-refractivity contribution in [1.82, 2.24) is 19.9 Å². The first kappa shape index (κ1) is 18.6. The first-order chi connectivity index (χ1) is 12.6. The number of aryl methyl sites for hydroxylation is 2. The highest BCUT2D eigenvalue weighted by Crippen LogP contribution is 2.20. The molecular formula is C20H28N4O2. The average molecular weight is 356 g/mol. The smallest absolute Gasteiger partial charge is 0.227 e. The van der Waals surface area contributed by atoms with Crippen LogP contribution in [0, 0.1) is 13.8 Å². The first-order valence-electron chi connectivity index (χ1n) is 9.41. The highest BCUT2D eigenvalue weighted by atomic mass is 16.5. The molecule has 3 rings (SSSR count). The van der Waals surface area contributed by atoms with Gasteiger partial charge < -0.3 is 9.42 Å². The lowest BCUT2D eigenvalue weighted by molar-refractivity contribution is -0.132. The highest BCUT2D eigenvalue weighted by molar-refractivity contribution is 5.79. The fraction of sp³-hybridized carbons (Fsp3) is 0.550. The number of hydrogen-bond donors (Lipinski definition) is 0. The zero-order valence-corrected chi connectivity index (χ0v) is 15.9. The Morgan fingerprint density at radius 3 is 2.77 bits per heavy atom. The number of piperidine rings is 1. The molecule has 0 saturated carbocycles. The summed E-state index contributed by atoms with van der Waals surface area (Å²) in [5.41, 5.74) is 3.01. The van der Waals surface area contributed by atoms with Crippen LogP contribution in [0.4, 0.5) is 0 Å². The van der Waals surface area contributed by atoms with Gasteiger partial charge >= 0.3 is 0 Å². The lowest BCUT2D eigenvalue weighted by Crippen LogP contribution is -2.49. The molecule has 1 unspecified atom stereocenters. The van der Waals surface area contributed by atoms with E-state index < -0.39 is 0 Å². The average Bonchev–Trinajstić information content (AvgIpc) is 2.99. The van der Waals surface area contributed by atoms with Gasteiger partial charge in [-0.3, -0.25) is 14.7 Å². The van der Waals surface area contributed by atoms with Crippen molar-refractivity contribution >= 4 is 5.91 Å². The molecule has 0 aromatic carbocycles. The Kier molecular flexibility index (Phi) is 6.04. The van der Waals surface area contributed by atoms with E-state index in [0.717, 1.165) is 56.0 Å². The van der Waals surface area contributed by atoms with Gasteiger partial charge in [-0.25, -0.2) is 0 Å². The van der Waals surface area contributed by atoms with Crippen molar-refractivity contribution in [3.8, 4) is 0 Å². The molecular weight excluding hydrogens is 328 g/mol. The monoisotopic (exact) mass is 356 g/mol. The molecule has 2 aromatic rings. The van der Waals surface area contributed by atoms with Crippen LogP contribution in [0.3, 0.4) is 0 Å². The molecule has 3 heterocycles. The third-order valence-corrected chi connectivity index (χ3v) is 5.32. The molecule has 6 nitrogen and oxygen atoms in total. The summed E-state index contributed by atoms with van der Waals surface area (Å²) in [5.74, 6) is 0.918. The molecule has 0 spiro atoms. The van der Waals surface area contributed by atoms with Crippen molar-refractivity contribution in [3.63, 3.8) is 0 Å². The van der Waals surface area contributed by atoms with Gasteiger partial charge in [0.25, 0.3) is 0 Å². The Morgan fingerprint density at radius 2 is 2.12 bits per heavy atom. The van der Waals surface area contributed by atoms with Gasteiger partial charge in [0.2, 0.25) is 5.91 Å². The number of amides is 1. The number of nitrogens with zero attached hydrogens (tertiary/aromatic N) is 4. The van der Waals surface area contributed by atoms with Gasteiger partial charge in [0.15, 0.2) is 0 Å². The number of likely N-dealkylation sites (N-methyl/N-ethyl adjacent to an activating group) is 1. The fourth-order valence-electron chi connectivity index (χ4n) is 3.72. The van der Waals surface area contributed by atoms with Crippen LogP contribution in [0.15, 0.2) is 29.0 Å². The van der Waals surface area contributed by atoms with Crippen molar-refractivity contribution < 1.29 is 9.32 Å². The van der Waals surface area contributed by atoms with E-state index >= 15 is 0 Å². The number of hydrogen-bond acceptors (Lipinski definition) is 5. The van der Waals surface area contributed by atoms with E-state index in [1.807, 2.05) is 31.1 Å². The molecule has 0 N–H and O–H groups in total. The topological polar surface area (TPSA) is 62.5 Å². The van der Waals surface area contributed by atoms with Gasteiger partial charge in [-0.05, 0) is 50.9 Å². The Bertz CT molecular complexity index is 709. The summed E-state index contributed by atoms with van der Waals surface area (Å²) in [4.78, 5) is 21.4. The zero-order chi connectivity index (χ0) is 18.5. The Labute approximate surface area is 155 Å². The number of pyridine rings is 1. The molecule has 140 valence electrons. The van der Waals surface area contributed by atoms with E-state index in [0.29, 0.717) is 12.5 Å². The molecule has 1 saturated heterocycles. The Balaban J connectivity index is 1.63. The molecule has 2 aromatic heterocycles. The van der Waals surface area contributed by atoms with E-state index in [2.05, 4.69) is 34.1 Å². The van der Waals surface area contributed by atoms with Crippen molar-refractivity contribution in [2.75, 3.05) is 19.6 Å². The lowest BCUT2D eigenvalue weighted by Gasteiger charge is -2.39. The summed E-state index contributed by atoms with van der Waals surface area (Å²) in [6, 6.07) is 4.52. The van der Waals surface area contributed by atoms with Gasteiger partial charge in [-0.15, -0.1) is 0 Å². The number of aromatic nitrogens is 2. The van der Waals surface area contributed by atoms with Crippen LogP contribution in [0.25, 0.3) is 0 Å². The SMILES string of the molecule is CCN(Cc1ccncc1)C1CCCN(C(=O)Cc2c(C)noc2C)C1. The van der Waals surface area contributed by atoms with Crippen LogP contribution in [-0.2, 0) is 17.8 Å². The van der Waals surface area contributed by atoms with E-state index in [9.17, 15) is 4.79 Å². The van der Waals surface area contributed by atoms with E-state index in [-0.39, 0.29) is 5.91 Å². The molecule has 1 aliphatic heterocycles. The number of rotatable bonds is 6. The fourth-order valence-corrected chi connectivity index (χ4v) is 3.72. The molecule has 0 radical (unpaired) electrons. The largest absolute Gasteiger partial charge is 0.361 e. The normalized spacial score (nSPS) is 17.7. The van der Waals surface area contributed by atoms with Crippen LogP contribution < -0.4 is 0 Å². The maximum Gasteiger partial charge on any atom is 0.227 e. The second kappa shape index (κ2) is 8.45. The molecule has 6 heteroatoms. The molecule has 1 fully saturated rings. The van der Waals surface area contributed by atoms with Gasteiger partial charge in [0, 0.05) is 43.6 Å². The third kappa shape index (κ3) is 4.30. The maximum atomic E-state index is 12.8. The second-order valence-electron chi connectivity index (χ2n) is 7.03. The maximum absolute atomic E-state index is 12.8. The zero-order valence-electron chi connectivity index (χ0n) is 15.9. The minimum atomic E-state index is 0.170. The van der Waals surface area contributed by atoms with Gasteiger partial charge in [-0.2, -0.15) is 0 Å². The van der Waals surface area contributed by atoms with Gasteiger partial charge in [-0.1, -0.05) is 12.1 Å². The molecule has 1 atom stereocenters. The van der Waals surface area contributed by atoms with Crippen molar-refractivity contribution in [2.24, 2.45) is 0 Å². The molecule has 1 amide bonds. The summed E-state index contributed by atoms with van der Waals surface area (Å²) < 4.78 is 5.19. The number of carbonyl (C=O) groups excluding carboxylic acids is 1. The van der Waals surface area contributed by atoms with Crippen molar-refractivity contribution in [2.45, 2.75) is 52.6 Å². The van der Waals surface area contributed by atoms with E-state index in [1.165, 1.54) is 5.56 Å². The minimum absolute atomic E-state index is 0.170. The van der Waals surface area contributed by atoms with Crippen molar-refractivity contribution in [3.05, 3.63) is 47.1 Å². The Hall–Kier alpha value is -2.21. The second-order valence-corrected chi connectivity index (χ2v) is 7.03. The van der Waals surface area contributed by atoms with Crippen LogP contribution >= 0.6 is 0 Å². The molecule has 26 heavy (non-hydrogen) atoms. The standard InChI is InChI=1S/C20H28N4O2/c1-4-23(13-17-7-9-21-10-8-17)18-6-5-11-24(14-18)20(25)12-19-15(2)22-26-16(19)3/h7-10,18H,4-6,11-14H2,1-3H3. The predicted molar refractivity (Wildman–Crippen MR) is 99.6 cm³/mol. The van der Waals surface area contributed by atoms with E-state index in [1.54, 1.807) is 0 Å². The highest BCUT2D eigenvalue weighted by Gasteiger charge is 2.28. The summed E-state index contributed by atoms with van der Waals surface area (Å²) in [7, 11) is 0. The molecule has 0 bridgehead atoms. The van der Waals surface area contributed by atoms with Gasteiger partial charge in [0.05, 0.1) is 12.1 Å². The summed E-state index contributed by atoms with van der Waals surface area (Å²) in [6.07, 6.45) is 6.23. The van der Waals surface area contributed by atoms with Crippen molar-refractivity contribution in [1.29, 1.82) is 0 Å². The minimum Gasteiger partial charge on any atom is -0.361 e. The lowest BCUT2D eigenvalue weighted by atomic mass is 10.0. The number of carbonyl (C=O) groups is 1. The summed E-state index contributed by atoms with van der Waals surface area (Å²) in [5, 5.41) is 3.96.